The van der Waals surface area contributed by atoms with Crippen LogP contribution in [0.1, 0.15) is 16.8 Å². The average molecular weight is 450 g/mol. The Labute approximate surface area is 188 Å². The minimum atomic E-state index is -0.300. The van der Waals surface area contributed by atoms with Crippen molar-refractivity contribution in [2.75, 3.05) is 27.8 Å². The second-order valence-electron chi connectivity index (χ2n) is 7.11. The van der Waals surface area contributed by atoms with Gasteiger partial charge in [-0.2, -0.15) is 0 Å². The monoisotopic (exact) mass is 449 g/mol. The SMILES string of the molecule is O=C(CCSc1ccccc1F)Nc1ccc(C(=O)N2CC(=O)Nc3ccccc32)cc1. The van der Waals surface area contributed by atoms with E-state index >= 15 is 0 Å². The highest BCUT2D eigenvalue weighted by molar-refractivity contribution is 7.99. The molecule has 0 saturated heterocycles. The number of amides is 3. The summed E-state index contributed by atoms with van der Waals surface area (Å²) < 4.78 is 13.6. The Kier molecular flexibility index (Phi) is 6.51. The normalized spacial score (nSPS) is 12.7. The molecule has 0 saturated carbocycles. The molecule has 3 aromatic carbocycles. The lowest BCUT2D eigenvalue weighted by molar-refractivity contribution is -0.116. The molecular formula is C24H20FN3O3S. The molecule has 0 bridgehead atoms. The van der Waals surface area contributed by atoms with Crippen LogP contribution in [-0.2, 0) is 9.59 Å². The topological polar surface area (TPSA) is 78.5 Å². The van der Waals surface area contributed by atoms with Crippen LogP contribution in [0.2, 0.25) is 0 Å². The number of para-hydroxylation sites is 2. The van der Waals surface area contributed by atoms with Gasteiger partial charge in [-0.1, -0.05) is 24.3 Å². The number of fused-ring (bicyclic) bond motifs is 1. The van der Waals surface area contributed by atoms with Crippen LogP contribution in [-0.4, -0.2) is 30.0 Å². The zero-order valence-corrected chi connectivity index (χ0v) is 17.8. The Morgan fingerprint density at radius 1 is 1.00 bits per heavy atom. The summed E-state index contributed by atoms with van der Waals surface area (Å²) in [7, 11) is 0. The molecule has 0 aliphatic carbocycles. The minimum Gasteiger partial charge on any atom is -0.326 e. The van der Waals surface area contributed by atoms with Crippen LogP contribution in [0, 0.1) is 5.82 Å². The number of carbonyl (C=O) groups excluding carboxylic acids is 3. The van der Waals surface area contributed by atoms with Crippen LogP contribution in [0.3, 0.4) is 0 Å². The van der Waals surface area contributed by atoms with Crippen molar-refractivity contribution >= 4 is 46.5 Å². The number of hydrogen-bond acceptors (Lipinski definition) is 4. The molecule has 32 heavy (non-hydrogen) atoms. The summed E-state index contributed by atoms with van der Waals surface area (Å²) in [4.78, 5) is 39.1. The summed E-state index contributed by atoms with van der Waals surface area (Å²) in [6.07, 6.45) is 0.222. The lowest BCUT2D eigenvalue weighted by atomic mass is 10.1. The van der Waals surface area contributed by atoms with Crippen molar-refractivity contribution in [1.82, 2.24) is 0 Å². The molecule has 1 heterocycles. The summed E-state index contributed by atoms with van der Waals surface area (Å²) in [5, 5.41) is 5.53. The van der Waals surface area contributed by atoms with Crippen LogP contribution in [0.15, 0.2) is 77.7 Å². The third kappa shape index (κ3) is 4.97. The minimum absolute atomic E-state index is 0.0615. The largest absolute Gasteiger partial charge is 0.326 e. The predicted octanol–water partition coefficient (Wildman–Crippen LogP) is 4.55. The van der Waals surface area contributed by atoms with Crippen molar-refractivity contribution in [3.63, 3.8) is 0 Å². The number of hydrogen-bond donors (Lipinski definition) is 2. The molecule has 0 radical (unpaired) electrons. The molecule has 4 rings (SSSR count). The number of thioether (sulfide) groups is 1. The zero-order chi connectivity index (χ0) is 22.5. The third-order valence-electron chi connectivity index (χ3n) is 4.85. The van der Waals surface area contributed by atoms with E-state index in [1.807, 2.05) is 0 Å². The third-order valence-corrected chi connectivity index (χ3v) is 5.91. The number of anilines is 3. The van der Waals surface area contributed by atoms with E-state index in [1.54, 1.807) is 66.7 Å². The molecule has 0 spiro atoms. The summed E-state index contributed by atoms with van der Waals surface area (Å²) in [6, 6.07) is 20.1. The first-order valence-corrected chi connectivity index (χ1v) is 11.0. The molecule has 1 aliphatic rings. The van der Waals surface area contributed by atoms with Gasteiger partial charge in [0.05, 0.1) is 11.4 Å². The lowest BCUT2D eigenvalue weighted by Gasteiger charge is -2.29. The van der Waals surface area contributed by atoms with E-state index in [2.05, 4.69) is 10.6 Å². The molecule has 0 atom stereocenters. The van der Waals surface area contributed by atoms with Crippen LogP contribution in [0.4, 0.5) is 21.5 Å². The maximum Gasteiger partial charge on any atom is 0.258 e. The molecular weight excluding hydrogens is 429 g/mol. The Morgan fingerprint density at radius 3 is 2.50 bits per heavy atom. The number of nitrogens with one attached hydrogen (secondary N) is 2. The van der Waals surface area contributed by atoms with Gasteiger partial charge < -0.3 is 10.6 Å². The van der Waals surface area contributed by atoms with Gasteiger partial charge in [0.1, 0.15) is 12.4 Å². The van der Waals surface area contributed by atoms with E-state index in [0.717, 1.165) is 0 Å². The van der Waals surface area contributed by atoms with Crippen molar-refractivity contribution in [3.05, 3.63) is 84.2 Å². The standard InChI is InChI=1S/C24H20FN3O3S/c25-18-5-1-4-8-21(18)32-14-13-22(29)26-17-11-9-16(10-12-17)24(31)28-15-23(30)27-19-6-2-3-7-20(19)28/h1-12H,13-15H2,(H,26,29)(H,27,30). The highest BCUT2D eigenvalue weighted by Gasteiger charge is 2.27. The fourth-order valence-electron chi connectivity index (χ4n) is 3.31. The summed E-state index contributed by atoms with van der Waals surface area (Å²) >= 11 is 1.28. The summed E-state index contributed by atoms with van der Waals surface area (Å²) in [6.45, 7) is -0.0615. The fraction of sp³-hybridized carbons (Fsp3) is 0.125. The molecule has 0 aromatic heterocycles. The van der Waals surface area contributed by atoms with Gasteiger partial charge in [-0.3, -0.25) is 19.3 Å². The Morgan fingerprint density at radius 2 is 1.72 bits per heavy atom. The highest BCUT2D eigenvalue weighted by atomic mass is 32.2. The fourth-order valence-corrected chi connectivity index (χ4v) is 4.19. The molecule has 1 aliphatic heterocycles. The maximum atomic E-state index is 13.6. The van der Waals surface area contributed by atoms with Gasteiger partial charge in [-0.25, -0.2) is 4.39 Å². The molecule has 0 unspecified atom stereocenters. The Balaban J connectivity index is 1.35. The van der Waals surface area contributed by atoms with Crippen molar-refractivity contribution in [2.24, 2.45) is 0 Å². The first kappa shape index (κ1) is 21.6. The van der Waals surface area contributed by atoms with Gasteiger partial charge in [0, 0.05) is 28.3 Å². The van der Waals surface area contributed by atoms with E-state index in [0.29, 0.717) is 33.3 Å². The van der Waals surface area contributed by atoms with Crippen LogP contribution in [0.25, 0.3) is 0 Å². The second kappa shape index (κ2) is 9.65. The molecule has 3 amide bonds. The number of benzene rings is 3. The quantitative estimate of drug-likeness (QED) is 0.542. The van der Waals surface area contributed by atoms with Crippen molar-refractivity contribution in [2.45, 2.75) is 11.3 Å². The van der Waals surface area contributed by atoms with Gasteiger partial charge in [-0.15, -0.1) is 11.8 Å². The Bertz CT molecular complexity index is 1170. The van der Waals surface area contributed by atoms with E-state index in [1.165, 1.54) is 22.7 Å². The first-order valence-electron chi connectivity index (χ1n) is 9.99. The second-order valence-corrected chi connectivity index (χ2v) is 8.25. The maximum absolute atomic E-state index is 13.6. The molecule has 6 nitrogen and oxygen atoms in total. The Hall–Kier alpha value is -3.65. The van der Waals surface area contributed by atoms with Gasteiger partial charge in [0.25, 0.3) is 5.91 Å². The van der Waals surface area contributed by atoms with Crippen molar-refractivity contribution in [3.8, 4) is 0 Å². The van der Waals surface area contributed by atoms with Gasteiger partial charge in [-0.05, 0) is 48.5 Å². The molecule has 3 aromatic rings. The average Bonchev–Trinajstić information content (AvgIpc) is 2.80. The number of nitrogens with zero attached hydrogens (tertiary/aromatic N) is 1. The van der Waals surface area contributed by atoms with Gasteiger partial charge in [0.2, 0.25) is 11.8 Å². The van der Waals surface area contributed by atoms with E-state index in [9.17, 15) is 18.8 Å². The smallest absolute Gasteiger partial charge is 0.258 e. The van der Waals surface area contributed by atoms with E-state index < -0.39 is 0 Å². The van der Waals surface area contributed by atoms with Crippen molar-refractivity contribution < 1.29 is 18.8 Å². The zero-order valence-electron chi connectivity index (χ0n) is 17.0. The number of carbonyl (C=O) groups is 3. The summed E-state index contributed by atoms with van der Waals surface area (Å²) in [5.41, 5.74) is 2.19. The number of halogens is 1. The van der Waals surface area contributed by atoms with Crippen molar-refractivity contribution in [1.29, 1.82) is 0 Å². The predicted molar refractivity (Wildman–Crippen MR) is 124 cm³/mol. The van der Waals surface area contributed by atoms with Crippen LogP contribution < -0.4 is 15.5 Å². The molecule has 0 fully saturated rings. The lowest BCUT2D eigenvalue weighted by Crippen LogP contribution is -2.42. The summed E-state index contributed by atoms with van der Waals surface area (Å²) in [5.74, 6) is -0.609. The molecule has 162 valence electrons. The number of rotatable bonds is 6. The molecule has 8 heteroatoms. The molecule has 2 N–H and O–H groups in total. The first-order chi connectivity index (χ1) is 15.5. The van der Waals surface area contributed by atoms with E-state index in [-0.39, 0.29) is 36.5 Å². The van der Waals surface area contributed by atoms with Crippen LogP contribution in [0.5, 0.6) is 0 Å². The van der Waals surface area contributed by atoms with Crippen LogP contribution >= 0.6 is 11.8 Å². The van der Waals surface area contributed by atoms with Gasteiger partial charge in [0.15, 0.2) is 0 Å². The van der Waals surface area contributed by atoms with E-state index in [4.69, 9.17) is 0 Å². The van der Waals surface area contributed by atoms with Gasteiger partial charge >= 0.3 is 0 Å². The highest BCUT2D eigenvalue weighted by Crippen LogP contribution is 2.30.